The average molecular weight is 769 g/mol. The number of aryl methyl sites for hydroxylation is 3. The number of aromatic nitrogens is 3. The third-order valence-corrected chi connectivity index (χ3v) is 7.65. The molecule has 0 atom stereocenters. The smallest absolute Gasteiger partial charge is 0.216 e. The average Bonchev–Trinajstić information content (AvgIpc) is 3.43. The van der Waals surface area contributed by atoms with Gasteiger partial charge < -0.3 is 14.4 Å². The van der Waals surface area contributed by atoms with Crippen LogP contribution in [-0.4, -0.2) is 15.0 Å². The van der Waals surface area contributed by atoms with Gasteiger partial charge in [-0.15, -0.1) is 54.1 Å². The van der Waals surface area contributed by atoms with Gasteiger partial charge in [-0.25, -0.2) is 4.98 Å². The Morgan fingerprint density at radius 1 is 0.733 bits per heavy atom. The molecule has 0 N–H and O–H groups in total. The Labute approximate surface area is 283 Å². The molecule has 4 nitrogen and oxygen atoms in total. The maximum atomic E-state index is 7.95. The second-order valence-corrected chi connectivity index (χ2v) is 11.9. The number of hydrogen-bond acceptors (Lipinski definition) is 4. The fourth-order valence-corrected chi connectivity index (χ4v) is 5.46. The summed E-state index contributed by atoms with van der Waals surface area (Å²) < 4.78 is 30.2. The largest absolute Gasteiger partial charge is 0.486 e. The summed E-state index contributed by atoms with van der Waals surface area (Å²) >= 11 is 0. The fraction of sp³-hybridized carbons (Fsp3) is 0.175. The topological polar surface area (TPSA) is 51.8 Å². The Balaban J connectivity index is 0.000000291. The van der Waals surface area contributed by atoms with Gasteiger partial charge in [-0.1, -0.05) is 68.1 Å². The first-order chi connectivity index (χ1) is 22.4. The van der Waals surface area contributed by atoms with Crippen molar-refractivity contribution in [2.75, 3.05) is 0 Å². The van der Waals surface area contributed by atoms with Gasteiger partial charge in [0.1, 0.15) is 0 Å². The Morgan fingerprint density at radius 2 is 1.53 bits per heavy atom. The molecule has 4 heterocycles. The number of nitrogens with zero attached hydrogens (tertiary/aromatic N) is 3. The Morgan fingerprint density at radius 3 is 2.22 bits per heavy atom. The number of furan rings is 1. The van der Waals surface area contributed by atoms with Gasteiger partial charge in [-0.3, -0.25) is 0 Å². The van der Waals surface area contributed by atoms with Crippen LogP contribution in [0.5, 0.6) is 0 Å². The summed E-state index contributed by atoms with van der Waals surface area (Å²) in [5.74, 6) is 0. The van der Waals surface area contributed by atoms with Gasteiger partial charge in [0.25, 0.3) is 0 Å². The summed E-state index contributed by atoms with van der Waals surface area (Å²) in [5, 5.41) is 1.84. The molecule has 5 heteroatoms. The molecule has 0 spiro atoms. The molecule has 4 aromatic heterocycles. The van der Waals surface area contributed by atoms with E-state index in [2.05, 4.69) is 48.1 Å². The van der Waals surface area contributed by atoms with Gasteiger partial charge in [0.15, 0.2) is 0 Å². The summed E-state index contributed by atoms with van der Waals surface area (Å²) in [6.45, 7) is 7.95. The van der Waals surface area contributed by atoms with Gasteiger partial charge in [0, 0.05) is 47.6 Å². The van der Waals surface area contributed by atoms with Crippen LogP contribution in [0.2, 0.25) is 0 Å². The van der Waals surface area contributed by atoms with Crippen LogP contribution in [0.1, 0.15) is 47.1 Å². The molecular weight excluding hydrogens is 731 g/mol. The van der Waals surface area contributed by atoms with Crippen LogP contribution >= 0.6 is 0 Å². The molecule has 227 valence electrons. The molecule has 7 rings (SSSR count). The van der Waals surface area contributed by atoms with Crippen molar-refractivity contribution in [1.29, 1.82) is 0 Å². The maximum absolute atomic E-state index is 7.95. The summed E-state index contributed by atoms with van der Waals surface area (Å²) in [6, 6.07) is 36.0. The Kier molecular flexibility index (Phi) is 8.28. The van der Waals surface area contributed by atoms with Gasteiger partial charge in [0.05, 0.1) is 11.3 Å². The summed E-state index contributed by atoms with van der Waals surface area (Å²) in [6.07, 6.45) is 3.26. The first-order valence-corrected chi connectivity index (χ1v) is 14.6. The molecule has 0 unspecified atom stereocenters. The predicted octanol–water partition coefficient (Wildman–Crippen LogP) is 10.3. The van der Waals surface area contributed by atoms with Crippen molar-refractivity contribution < 1.29 is 28.6 Å². The third kappa shape index (κ3) is 6.66. The van der Waals surface area contributed by atoms with E-state index in [4.69, 9.17) is 13.5 Å². The molecule has 0 bridgehead atoms. The van der Waals surface area contributed by atoms with Crippen LogP contribution in [0.15, 0.2) is 108 Å². The van der Waals surface area contributed by atoms with Crippen molar-refractivity contribution in [3.63, 3.8) is 0 Å². The van der Waals surface area contributed by atoms with Crippen molar-refractivity contribution in [3.05, 3.63) is 138 Å². The summed E-state index contributed by atoms with van der Waals surface area (Å²) in [7, 11) is 0. The Hall–Kier alpha value is -4.44. The van der Waals surface area contributed by atoms with E-state index < -0.39 is 6.85 Å². The van der Waals surface area contributed by atoms with Crippen LogP contribution in [0.25, 0.3) is 55.8 Å². The molecule has 3 aromatic carbocycles. The number of pyridine rings is 3. The van der Waals surface area contributed by atoms with Gasteiger partial charge in [-0.05, 0) is 78.0 Å². The predicted molar refractivity (Wildman–Crippen MR) is 180 cm³/mol. The fourth-order valence-electron chi connectivity index (χ4n) is 5.46. The SMILES string of the molecule is [2H]C([2H])([2H])c1cnc(-c2[c-]ccc3c2oc2nc(-c4c(C)cccc4C)ccc23)cc1C(C)(C)C.[Ir].[c-]1ccccc1-c1ccccn1. The molecule has 1 radical (unpaired) electrons. The molecular formula is C40H35IrN3O-2. The second-order valence-electron chi connectivity index (χ2n) is 11.9. The molecule has 0 amide bonds. The molecule has 0 aliphatic rings. The normalized spacial score (nSPS) is 12.4. The third-order valence-electron chi connectivity index (χ3n) is 7.65. The minimum Gasteiger partial charge on any atom is -0.486 e. The minimum absolute atomic E-state index is 0. The van der Waals surface area contributed by atoms with Crippen LogP contribution in [0.4, 0.5) is 0 Å². The van der Waals surface area contributed by atoms with E-state index in [9.17, 15) is 0 Å². The van der Waals surface area contributed by atoms with E-state index in [-0.39, 0.29) is 31.1 Å². The van der Waals surface area contributed by atoms with Crippen LogP contribution in [0, 0.1) is 32.8 Å². The number of benzene rings is 3. The van der Waals surface area contributed by atoms with Gasteiger partial charge in [0.2, 0.25) is 5.71 Å². The minimum atomic E-state index is -2.24. The van der Waals surface area contributed by atoms with E-state index in [1.54, 1.807) is 6.20 Å². The molecule has 45 heavy (non-hydrogen) atoms. The molecule has 0 saturated carbocycles. The summed E-state index contributed by atoms with van der Waals surface area (Å²) in [5.41, 5.74) is 9.46. The van der Waals surface area contributed by atoms with E-state index in [0.717, 1.165) is 50.0 Å². The second kappa shape index (κ2) is 13.3. The van der Waals surface area contributed by atoms with E-state index in [1.807, 2.05) is 99.6 Å². The van der Waals surface area contributed by atoms with Crippen LogP contribution in [-0.2, 0) is 25.5 Å². The van der Waals surface area contributed by atoms with Gasteiger partial charge >= 0.3 is 0 Å². The standard InChI is InChI=1S/C29H27N2O.C11H8N.Ir/c1-17-9-7-10-18(2)26(17)24-14-13-21-20-11-8-12-22(27(20)32-28(21)31-24)25-15-23(29(4,5)6)19(3)16-30-25;1-2-6-10(7-3-1)11-8-4-5-9-12-11;/h7-11,13-16H,1-6H3;1-6,8-9H;/q2*-1;/i3D3;;. The van der Waals surface area contributed by atoms with Crippen LogP contribution in [0.3, 0.4) is 0 Å². The van der Waals surface area contributed by atoms with E-state index in [1.165, 1.54) is 6.20 Å². The zero-order valence-corrected chi connectivity index (χ0v) is 28.3. The quantitative estimate of drug-likeness (QED) is 0.168. The van der Waals surface area contributed by atoms with Crippen molar-refractivity contribution >= 4 is 22.1 Å². The number of hydrogen-bond donors (Lipinski definition) is 0. The molecule has 0 aliphatic heterocycles. The Bertz CT molecular complexity index is 2130. The van der Waals surface area contributed by atoms with Crippen molar-refractivity contribution in [2.45, 2.75) is 46.9 Å². The molecule has 0 aliphatic carbocycles. The van der Waals surface area contributed by atoms with E-state index >= 15 is 0 Å². The van der Waals surface area contributed by atoms with Crippen molar-refractivity contribution in [2.24, 2.45) is 0 Å². The molecule has 7 aromatic rings. The monoisotopic (exact) mass is 769 g/mol. The number of fused-ring (bicyclic) bond motifs is 3. The summed E-state index contributed by atoms with van der Waals surface area (Å²) in [4.78, 5) is 13.6. The van der Waals surface area contributed by atoms with Crippen molar-refractivity contribution in [1.82, 2.24) is 15.0 Å². The van der Waals surface area contributed by atoms with E-state index in [0.29, 0.717) is 22.6 Å². The molecule has 0 fully saturated rings. The first-order valence-electron chi connectivity index (χ1n) is 16.1. The zero-order chi connectivity index (χ0) is 33.3. The van der Waals surface area contributed by atoms with Crippen molar-refractivity contribution in [3.8, 4) is 33.8 Å². The van der Waals surface area contributed by atoms with Gasteiger partial charge in [-0.2, -0.15) is 0 Å². The first kappa shape index (κ1) is 28.1. The number of rotatable bonds is 3. The molecule has 0 saturated heterocycles. The van der Waals surface area contributed by atoms with Crippen LogP contribution < -0.4 is 0 Å². The maximum Gasteiger partial charge on any atom is 0.216 e. The zero-order valence-electron chi connectivity index (χ0n) is 28.9.